The summed E-state index contributed by atoms with van der Waals surface area (Å²) in [6.07, 6.45) is 2.58. The van der Waals surface area contributed by atoms with Crippen LogP contribution in [-0.4, -0.2) is 40.6 Å². The third kappa shape index (κ3) is 3.79. The molecule has 5 rings (SSSR count). The smallest absolute Gasteiger partial charge is 0.256 e. The molecule has 168 valence electrons. The molecule has 1 saturated heterocycles. The Bertz CT molecular complexity index is 1350. The number of aryl methyl sites for hydroxylation is 3. The fourth-order valence-corrected chi connectivity index (χ4v) is 6.64. The zero-order chi connectivity index (χ0) is 22.8. The molecule has 2 aromatic heterocycles. The van der Waals surface area contributed by atoms with Crippen molar-refractivity contribution in [3.8, 4) is 0 Å². The van der Waals surface area contributed by atoms with E-state index < -0.39 is 9.84 Å². The van der Waals surface area contributed by atoms with E-state index in [1.54, 1.807) is 4.68 Å². The van der Waals surface area contributed by atoms with Gasteiger partial charge in [0.25, 0.3) is 5.91 Å². The average Bonchev–Trinajstić information content (AvgIpc) is 3.43. The van der Waals surface area contributed by atoms with Crippen molar-refractivity contribution in [3.05, 3.63) is 51.3 Å². The molecule has 1 atom stereocenters. The van der Waals surface area contributed by atoms with Gasteiger partial charge in [0.2, 0.25) is 0 Å². The first-order valence-corrected chi connectivity index (χ1v) is 13.0. The van der Waals surface area contributed by atoms with Gasteiger partial charge in [0.05, 0.1) is 44.9 Å². The van der Waals surface area contributed by atoms with Gasteiger partial charge in [0.1, 0.15) is 0 Å². The lowest BCUT2D eigenvalue weighted by Crippen LogP contribution is -2.16. The van der Waals surface area contributed by atoms with E-state index in [0.29, 0.717) is 45.3 Å². The Kier molecular flexibility index (Phi) is 5.05. The maximum atomic E-state index is 13.5. The second kappa shape index (κ2) is 7.56. The molecule has 1 aliphatic heterocycles. The van der Waals surface area contributed by atoms with Gasteiger partial charge in [0.15, 0.2) is 15.5 Å². The number of sulfone groups is 1. The van der Waals surface area contributed by atoms with Crippen LogP contribution in [0.5, 0.6) is 0 Å². The number of pyridine rings is 1. The first-order valence-electron chi connectivity index (χ1n) is 10.8. The van der Waals surface area contributed by atoms with Crippen molar-refractivity contribution in [2.24, 2.45) is 0 Å². The molecule has 3 heterocycles. The van der Waals surface area contributed by atoms with Gasteiger partial charge in [-0.1, -0.05) is 17.7 Å². The predicted molar refractivity (Wildman–Crippen MR) is 125 cm³/mol. The van der Waals surface area contributed by atoms with Crippen LogP contribution < -0.4 is 5.32 Å². The lowest BCUT2D eigenvalue weighted by atomic mass is 10.1. The van der Waals surface area contributed by atoms with E-state index >= 15 is 0 Å². The molecule has 1 saturated carbocycles. The molecule has 1 amide bonds. The SMILES string of the molecule is Cc1cc(C)c(NC(=O)c2cc(C3CC3)nc3c2c(C)nn3C2CCS(=O)(=O)C2)c(Cl)c1. The lowest BCUT2D eigenvalue weighted by molar-refractivity contribution is 0.102. The van der Waals surface area contributed by atoms with Gasteiger partial charge in [-0.15, -0.1) is 0 Å². The number of rotatable bonds is 4. The minimum atomic E-state index is -3.08. The highest BCUT2D eigenvalue weighted by Crippen LogP contribution is 2.41. The van der Waals surface area contributed by atoms with Crippen molar-refractivity contribution < 1.29 is 13.2 Å². The molecule has 1 unspecified atom stereocenters. The summed E-state index contributed by atoms with van der Waals surface area (Å²) in [7, 11) is -3.08. The van der Waals surface area contributed by atoms with Crippen molar-refractivity contribution in [2.45, 2.75) is 52.0 Å². The molecule has 1 aliphatic carbocycles. The first-order chi connectivity index (χ1) is 15.1. The molecule has 0 radical (unpaired) electrons. The van der Waals surface area contributed by atoms with Crippen molar-refractivity contribution in [1.29, 1.82) is 0 Å². The Morgan fingerprint density at radius 3 is 2.53 bits per heavy atom. The van der Waals surface area contributed by atoms with E-state index in [0.717, 1.165) is 29.7 Å². The minimum absolute atomic E-state index is 0.0538. The number of amides is 1. The topological polar surface area (TPSA) is 93.9 Å². The van der Waals surface area contributed by atoms with Crippen LogP contribution in [0.1, 0.15) is 64.1 Å². The maximum Gasteiger partial charge on any atom is 0.256 e. The average molecular weight is 473 g/mol. The van der Waals surface area contributed by atoms with Crippen LogP contribution in [0.4, 0.5) is 5.69 Å². The zero-order valence-electron chi connectivity index (χ0n) is 18.3. The quantitative estimate of drug-likeness (QED) is 0.603. The molecule has 0 bridgehead atoms. The van der Waals surface area contributed by atoms with Gasteiger partial charge in [-0.2, -0.15) is 5.10 Å². The van der Waals surface area contributed by atoms with Gasteiger partial charge >= 0.3 is 0 Å². The molecule has 1 N–H and O–H groups in total. The predicted octanol–water partition coefficient (Wildman–Crippen LogP) is 4.50. The number of hydrogen-bond donors (Lipinski definition) is 1. The molecular weight excluding hydrogens is 448 g/mol. The second-order valence-corrected chi connectivity index (χ2v) is 11.7. The van der Waals surface area contributed by atoms with Gasteiger partial charge < -0.3 is 5.32 Å². The Morgan fingerprint density at radius 2 is 1.91 bits per heavy atom. The van der Waals surface area contributed by atoms with Crippen LogP contribution in [0.15, 0.2) is 18.2 Å². The molecular formula is C23H25ClN4O3S. The third-order valence-corrected chi connectivity index (χ3v) is 8.37. The molecule has 2 fully saturated rings. The van der Waals surface area contributed by atoms with Gasteiger partial charge in [0, 0.05) is 11.6 Å². The third-order valence-electron chi connectivity index (χ3n) is 6.32. The van der Waals surface area contributed by atoms with E-state index in [1.807, 2.05) is 39.0 Å². The number of carbonyl (C=O) groups excluding carboxylic acids is 1. The van der Waals surface area contributed by atoms with E-state index in [2.05, 4.69) is 10.4 Å². The van der Waals surface area contributed by atoms with Crippen molar-refractivity contribution >= 4 is 44.1 Å². The molecule has 7 nitrogen and oxygen atoms in total. The van der Waals surface area contributed by atoms with Crippen molar-refractivity contribution in [2.75, 3.05) is 16.8 Å². The number of anilines is 1. The fraction of sp³-hybridized carbons (Fsp3) is 0.435. The monoisotopic (exact) mass is 472 g/mol. The number of carbonyl (C=O) groups is 1. The molecule has 0 spiro atoms. The number of nitrogens with zero attached hydrogens (tertiary/aromatic N) is 3. The molecule has 1 aromatic carbocycles. The van der Waals surface area contributed by atoms with Crippen molar-refractivity contribution in [1.82, 2.24) is 14.8 Å². The van der Waals surface area contributed by atoms with Crippen LogP contribution in [0, 0.1) is 20.8 Å². The number of hydrogen-bond acceptors (Lipinski definition) is 5. The normalized spacial score (nSPS) is 20.1. The maximum absolute atomic E-state index is 13.5. The van der Waals surface area contributed by atoms with Crippen LogP contribution in [0.2, 0.25) is 5.02 Å². The van der Waals surface area contributed by atoms with E-state index in [-0.39, 0.29) is 23.5 Å². The standard InChI is InChI=1S/C23H25ClN4O3S/c1-12-8-13(2)21(18(24)9-12)26-23(29)17-10-19(15-4-5-15)25-22-20(17)14(3)27-28(22)16-6-7-32(30,31)11-16/h8-10,15-16H,4-7,11H2,1-3H3,(H,26,29). The Morgan fingerprint density at radius 1 is 1.16 bits per heavy atom. The van der Waals surface area contributed by atoms with Gasteiger partial charge in [-0.3, -0.25) is 4.79 Å². The van der Waals surface area contributed by atoms with Crippen LogP contribution in [-0.2, 0) is 9.84 Å². The number of halogens is 1. The first kappa shape index (κ1) is 21.4. The van der Waals surface area contributed by atoms with Gasteiger partial charge in [-0.05, 0) is 63.3 Å². The molecule has 2 aliphatic rings. The number of aromatic nitrogens is 3. The summed E-state index contributed by atoms with van der Waals surface area (Å²) in [6.45, 7) is 5.71. The van der Waals surface area contributed by atoms with E-state index in [4.69, 9.17) is 16.6 Å². The second-order valence-electron chi connectivity index (χ2n) is 9.05. The van der Waals surface area contributed by atoms with Crippen LogP contribution >= 0.6 is 11.6 Å². The number of fused-ring (bicyclic) bond motifs is 1. The highest BCUT2D eigenvalue weighted by Gasteiger charge is 2.34. The lowest BCUT2D eigenvalue weighted by Gasteiger charge is -2.14. The summed E-state index contributed by atoms with van der Waals surface area (Å²) in [5.74, 6) is 0.262. The molecule has 9 heteroatoms. The fourth-order valence-electron chi connectivity index (χ4n) is 4.58. The summed E-state index contributed by atoms with van der Waals surface area (Å²) in [4.78, 5) is 18.3. The molecule has 3 aromatic rings. The summed E-state index contributed by atoms with van der Waals surface area (Å²) in [5.41, 5.74) is 5.11. The highest BCUT2D eigenvalue weighted by atomic mass is 35.5. The minimum Gasteiger partial charge on any atom is -0.320 e. The van der Waals surface area contributed by atoms with E-state index in [9.17, 15) is 13.2 Å². The Labute approximate surface area is 192 Å². The summed E-state index contributed by atoms with van der Waals surface area (Å²) in [6, 6.07) is 5.40. The zero-order valence-corrected chi connectivity index (χ0v) is 19.8. The van der Waals surface area contributed by atoms with Crippen LogP contribution in [0.3, 0.4) is 0 Å². The number of benzene rings is 1. The summed E-state index contributed by atoms with van der Waals surface area (Å²) < 4.78 is 25.9. The Balaban J connectivity index is 1.62. The highest BCUT2D eigenvalue weighted by molar-refractivity contribution is 7.91. The number of nitrogens with one attached hydrogen (secondary N) is 1. The van der Waals surface area contributed by atoms with E-state index in [1.165, 1.54) is 0 Å². The molecule has 32 heavy (non-hydrogen) atoms. The summed E-state index contributed by atoms with van der Waals surface area (Å²) >= 11 is 6.42. The summed E-state index contributed by atoms with van der Waals surface area (Å²) in [5, 5.41) is 8.78. The Hall–Kier alpha value is -2.45. The largest absolute Gasteiger partial charge is 0.320 e. The van der Waals surface area contributed by atoms with Gasteiger partial charge in [-0.25, -0.2) is 18.1 Å². The van der Waals surface area contributed by atoms with Crippen LogP contribution in [0.25, 0.3) is 11.0 Å². The van der Waals surface area contributed by atoms with Crippen molar-refractivity contribution in [3.63, 3.8) is 0 Å².